The third-order valence-electron chi connectivity index (χ3n) is 1.56. The number of aliphatic carboxylic acids is 1. The van der Waals surface area contributed by atoms with Gasteiger partial charge in [0, 0.05) is 16.2 Å². The molecule has 1 N–H and O–H groups in total. The largest absolute Gasteiger partial charge is 0.545 e. The summed E-state index contributed by atoms with van der Waals surface area (Å²) < 4.78 is 0.706. The second kappa shape index (κ2) is 5.67. The summed E-state index contributed by atoms with van der Waals surface area (Å²) in [5.41, 5.74) is 0.473. The van der Waals surface area contributed by atoms with Gasteiger partial charge in [-0.25, -0.2) is 0 Å². The monoisotopic (exact) mass is 302 g/mol. The molecule has 1 amide bonds. The molecule has 0 heterocycles. The Balaban J connectivity index is 2.70. The number of hydrogen-bond donors (Lipinski definition) is 1. The summed E-state index contributed by atoms with van der Waals surface area (Å²) in [5, 5.41) is 12.9. The highest BCUT2D eigenvalue weighted by atomic mass is 79.9. The third kappa shape index (κ3) is 4.04. The van der Waals surface area contributed by atoms with Crippen LogP contribution in [0.5, 0.6) is 0 Å². The molecule has 0 aliphatic rings. The van der Waals surface area contributed by atoms with E-state index < -0.39 is 11.9 Å². The summed E-state index contributed by atoms with van der Waals surface area (Å²) in [5.74, 6) is -1.99. The zero-order valence-corrected chi connectivity index (χ0v) is 10.2. The van der Waals surface area contributed by atoms with Crippen LogP contribution in [0.25, 0.3) is 0 Å². The minimum atomic E-state index is -1.43. The van der Waals surface area contributed by atoms with Crippen molar-refractivity contribution in [3.63, 3.8) is 0 Å². The highest BCUT2D eigenvalue weighted by Gasteiger charge is 2.01. The average Bonchev–Trinajstić information content (AvgIpc) is 2.21. The lowest BCUT2D eigenvalue weighted by molar-refractivity contribution is -0.297. The molecule has 1 aromatic rings. The number of halogens is 2. The number of rotatable bonds is 3. The Morgan fingerprint density at radius 2 is 2.06 bits per heavy atom. The molecule has 0 bridgehead atoms. The predicted octanol–water partition coefficient (Wildman–Crippen LogP) is 1.35. The van der Waals surface area contributed by atoms with E-state index in [1.165, 1.54) is 6.07 Å². The first-order valence-corrected chi connectivity index (χ1v) is 5.31. The molecule has 1 aromatic carbocycles. The van der Waals surface area contributed by atoms with Crippen molar-refractivity contribution in [1.29, 1.82) is 0 Å². The maximum atomic E-state index is 11.2. The van der Waals surface area contributed by atoms with Crippen LogP contribution >= 0.6 is 27.5 Å². The fourth-order valence-corrected chi connectivity index (χ4v) is 1.33. The molecule has 0 aromatic heterocycles. The lowest BCUT2D eigenvalue weighted by atomic mass is 10.3. The lowest BCUT2D eigenvalue weighted by Crippen LogP contribution is -2.20. The van der Waals surface area contributed by atoms with Gasteiger partial charge >= 0.3 is 0 Å². The molecule has 0 unspecified atom stereocenters. The fourth-order valence-electron chi connectivity index (χ4n) is 0.902. The molecule has 0 fully saturated rings. The Labute approximate surface area is 105 Å². The number of carbonyl (C=O) groups is 2. The highest BCUT2D eigenvalue weighted by molar-refractivity contribution is 9.10. The first-order chi connectivity index (χ1) is 7.49. The number of carboxylic acid groups (broad SMARTS) is 1. The van der Waals surface area contributed by atoms with E-state index in [4.69, 9.17) is 11.6 Å². The van der Waals surface area contributed by atoms with E-state index in [9.17, 15) is 14.7 Å². The Hall–Kier alpha value is -1.33. The van der Waals surface area contributed by atoms with Gasteiger partial charge in [0.25, 0.3) is 0 Å². The first kappa shape index (κ1) is 12.7. The summed E-state index contributed by atoms with van der Waals surface area (Å²) in [6, 6.07) is 4.83. The average molecular weight is 304 g/mol. The lowest BCUT2D eigenvalue weighted by Gasteiger charge is -2.03. The normalized spacial score (nSPS) is 10.4. The molecular formula is C10H6BrClNO3-. The number of amides is 1. The Bertz CT molecular complexity index is 459. The van der Waals surface area contributed by atoms with Crippen LogP contribution in [0, 0.1) is 0 Å². The van der Waals surface area contributed by atoms with Crippen LogP contribution in [0.4, 0.5) is 5.69 Å². The number of anilines is 1. The van der Waals surface area contributed by atoms with Crippen LogP contribution in [0.3, 0.4) is 0 Å². The van der Waals surface area contributed by atoms with Crippen LogP contribution in [-0.2, 0) is 9.59 Å². The number of benzene rings is 1. The molecule has 0 aliphatic carbocycles. The molecule has 0 spiro atoms. The molecule has 0 radical (unpaired) electrons. The molecule has 16 heavy (non-hydrogen) atoms. The molecular weight excluding hydrogens is 297 g/mol. The van der Waals surface area contributed by atoms with E-state index >= 15 is 0 Å². The van der Waals surface area contributed by atoms with Crippen LogP contribution < -0.4 is 10.4 Å². The molecule has 1 rings (SSSR count). The molecule has 84 valence electrons. The zero-order valence-electron chi connectivity index (χ0n) is 7.87. The minimum Gasteiger partial charge on any atom is -0.545 e. The van der Waals surface area contributed by atoms with E-state index in [1.54, 1.807) is 12.1 Å². The fraction of sp³-hybridized carbons (Fsp3) is 0. The van der Waals surface area contributed by atoms with Crippen LogP contribution in [0.15, 0.2) is 34.8 Å². The first-order valence-electron chi connectivity index (χ1n) is 4.14. The molecule has 0 aliphatic heterocycles. The molecule has 0 atom stereocenters. The predicted molar refractivity (Wildman–Crippen MR) is 61.9 cm³/mol. The van der Waals surface area contributed by atoms with E-state index in [0.29, 0.717) is 21.3 Å². The van der Waals surface area contributed by atoms with E-state index in [2.05, 4.69) is 21.2 Å². The summed E-state index contributed by atoms with van der Waals surface area (Å²) in [6.45, 7) is 0. The van der Waals surface area contributed by atoms with Gasteiger partial charge in [0.2, 0.25) is 5.91 Å². The summed E-state index contributed by atoms with van der Waals surface area (Å²) >= 11 is 9.01. The van der Waals surface area contributed by atoms with Crippen molar-refractivity contribution in [2.24, 2.45) is 0 Å². The Kier molecular flexibility index (Phi) is 4.52. The maximum Gasteiger partial charge on any atom is 0.248 e. The van der Waals surface area contributed by atoms with Gasteiger partial charge in [0.1, 0.15) is 0 Å². The van der Waals surface area contributed by atoms with E-state index in [1.807, 2.05) is 0 Å². The van der Waals surface area contributed by atoms with Gasteiger partial charge in [-0.2, -0.15) is 0 Å². The van der Waals surface area contributed by atoms with Crippen LogP contribution in [0.1, 0.15) is 0 Å². The van der Waals surface area contributed by atoms with Gasteiger partial charge in [-0.15, -0.1) is 0 Å². The summed E-state index contributed by atoms with van der Waals surface area (Å²) in [6.07, 6.45) is 1.51. The van der Waals surface area contributed by atoms with Gasteiger partial charge in [-0.05, 0) is 40.2 Å². The number of carboxylic acids is 1. The quantitative estimate of drug-likeness (QED) is 0.857. The van der Waals surface area contributed by atoms with Crippen LogP contribution in [0.2, 0.25) is 5.02 Å². The number of carbonyl (C=O) groups excluding carboxylic acids is 2. The van der Waals surface area contributed by atoms with Crippen molar-refractivity contribution in [2.45, 2.75) is 0 Å². The van der Waals surface area contributed by atoms with Crippen molar-refractivity contribution in [1.82, 2.24) is 0 Å². The summed E-state index contributed by atoms with van der Waals surface area (Å²) in [4.78, 5) is 21.2. The Morgan fingerprint density at radius 1 is 1.38 bits per heavy atom. The highest BCUT2D eigenvalue weighted by Crippen LogP contribution is 2.25. The molecule has 0 saturated carbocycles. The van der Waals surface area contributed by atoms with Gasteiger partial charge in [0.15, 0.2) is 0 Å². The zero-order chi connectivity index (χ0) is 12.1. The van der Waals surface area contributed by atoms with E-state index in [-0.39, 0.29) is 0 Å². The van der Waals surface area contributed by atoms with Gasteiger partial charge in [-0.3, -0.25) is 4.79 Å². The summed E-state index contributed by atoms with van der Waals surface area (Å²) in [7, 11) is 0. The van der Waals surface area contributed by atoms with Crippen molar-refractivity contribution < 1.29 is 14.7 Å². The minimum absolute atomic E-state index is 0.446. The van der Waals surface area contributed by atoms with Crippen molar-refractivity contribution in [3.05, 3.63) is 39.8 Å². The molecule has 0 saturated heterocycles. The van der Waals surface area contributed by atoms with Crippen molar-refractivity contribution >= 4 is 45.1 Å². The second-order valence-electron chi connectivity index (χ2n) is 2.77. The molecule has 6 heteroatoms. The maximum absolute atomic E-state index is 11.2. The molecule has 4 nitrogen and oxygen atoms in total. The van der Waals surface area contributed by atoms with Crippen LogP contribution in [-0.4, -0.2) is 11.9 Å². The van der Waals surface area contributed by atoms with Crippen molar-refractivity contribution in [3.8, 4) is 0 Å². The Morgan fingerprint density at radius 3 is 2.62 bits per heavy atom. The third-order valence-corrected chi connectivity index (χ3v) is 2.79. The second-order valence-corrected chi connectivity index (χ2v) is 4.03. The smallest absolute Gasteiger partial charge is 0.248 e. The standard InChI is InChI=1S/C10H7BrClNO3/c11-7-2-1-6(5-8(7)12)13-9(14)3-4-10(15)16/h1-5H,(H,13,14)(H,15,16)/p-1/b4-3+. The topological polar surface area (TPSA) is 69.2 Å². The van der Waals surface area contributed by atoms with Gasteiger partial charge in [-0.1, -0.05) is 11.6 Å². The van der Waals surface area contributed by atoms with E-state index in [0.717, 1.165) is 6.08 Å². The number of hydrogen-bond acceptors (Lipinski definition) is 3. The van der Waals surface area contributed by atoms with Gasteiger partial charge in [0.05, 0.1) is 11.0 Å². The SMILES string of the molecule is O=C([O-])/C=C/C(=O)Nc1ccc(Br)c(Cl)c1. The van der Waals surface area contributed by atoms with Crippen molar-refractivity contribution in [2.75, 3.05) is 5.32 Å². The van der Waals surface area contributed by atoms with Gasteiger partial charge < -0.3 is 15.2 Å². The number of nitrogens with one attached hydrogen (secondary N) is 1.